The van der Waals surface area contributed by atoms with Gasteiger partial charge in [-0.1, -0.05) is 0 Å². The van der Waals surface area contributed by atoms with E-state index in [-0.39, 0.29) is 18.3 Å². The fraction of sp³-hybridized carbons (Fsp3) is 0.545. The Labute approximate surface area is 101 Å². The zero-order chi connectivity index (χ0) is 10.7. The summed E-state index contributed by atoms with van der Waals surface area (Å²) in [5, 5.41) is 0. The summed E-state index contributed by atoms with van der Waals surface area (Å²) in [7, 11) is 0. The topological polar surface area (TPSA) is 59.5 Å². The molecule has 0 bridgehead atoms. The second-order valence-corrected chi connectivity index (χ2v) is 3.98. The third-order valence-corrected chi connectivity index (χ3v) is 3.00. The number of rotatable bonds is 2. The number of nitrogens with two attached hydrogens (primary N) is 1. The molecule has 0 aliphatic carbocycles. The molecule has 1 aliphatic rings. The van der Waals surface area contributed by atoms with E-state index in [9.17, 15) is 4.79 Å². The molecular formula is C11H17ClN2O2. The van der Waals surface area contributed by atoms with E-state index >= 15 is 0 Å². The van der Waals surface area contributed by atoms with Gasteiger partial charge in [0.05, 0.1) is 11.8 Å². The first kappa shape index (κ1) is 13.1. The van der Waals surface area contributed by atoms with Crippen LogP contribution >= 0.6 is 12.4 Å². The first-order chi connectivity index (χ1) is 7.31. The molecule has 1 aromatic rings. The molecule has 1 saturated heterocycles. The molecule has 2 heterocycles. The molecule has 1 amide bonds. The van der Waals surface area contributed by atoms with Gasteiger partial charge in [0.2, 0.25) is 0 Å². The molecule has 2 N–H and O–H groups in total. The summed E-state index contributed by atoms with van der Waals surface area (Å²) in [6, 6.07) is 1.71. The normalized spacial score (nSPS) is 16.9. The van der Waals surface area contributed by atoms with E-state index in [2.05, 4.69) is 0 Å². The van der Waals surface area contributed by atoms with Gasteiger partial charge >= 0.3 is 0 Å². The van der Waals surface area contributed by atoms with E-state index < -0.39 is 0 Å². The Morgan fingerprint density at radius 1 is 1.50 bits per heavy atom. The maximum absolute atomic E-state index is 11.9. The number of hydrogen-bond donors (Lipinski definition) is 1. The molecule has 16 heavy (non-hydrogen) atoms. The summed E-state index contributed by atoms with van der Waals surface area (Å²) in [6.07, 6.45) is 5.05. The van der Waals surface area contributed by atoms with Crippen LogP contribution in [0, 0.1) is 5.92 Å². The fourth-order valence-corrected chi connectivity index (χ4v) is 1.94. The van der Waals surface area contributed by atoms with Gasteiger partial charge in [-0.15, -0.1) is 12.4 Å². The van der Waals surface area contributed by atoms with Crippen molar-refractivity contribution in [3.05, 3.63) is 24.2 Å². The summed E-state index contributed by atoms with van der Waals surface area (Å²) in [5.74, 6) is 0.651. The molecule has 0 unspecified atom stereocenters. The van der Waals surface area contributed by atoms with Gasteiger partial charge in [0, 0.05) is 13.1 Å². The zero-order valence-electron chi connectivity index (χ0n) is 9.09. The molecule has 1 aromatic heterocycles. The van der Waals surface area contributed by atoms with Crippen LogP contribution in [0.25, 0.3) is 0 Å². The van der Waals surface area contributed by atoms with Crippen molar-refractivity contribution >= 4 is 18.3 Å². The van der Waals surface area contributed by atoms with Gasteiger partial charge in [0.1, 0.15) is 6.26 Å². The Kier molecular flexibility index (Phi) is 4.83. The fourth-order valence-electron chi connectivity index (χ4n) is 1.94. The predicted molar refractivity (Wildman–Crippen MR) is 63.6 cm³/mol. The van der Waals surface area contributed by atoms with Gasteiger partial charge in [-0.25, -0.2) is 0 Å². The van der Waals surface area contributed by atoms with E-state index in [1.807, 2.05) is 4.90 Å². The van der Waals surface area contributed by atoms with Gasteiger partial charge in [0.15, 0.2) is 0 Å². The minimum absolute atomic E-state index is 0. The second kappa shape index (κ2) is 5.92. The molecule has 0 atom stereocenters. The Morgan fingerprint density at radius 3 is 2.69 bits per heavy atom. The maximum Gasteiger partial charge on any atom is 0.257 e. The highest BCUT2D eigenvalue weighted by Gasteiger charge is 2.23. The SMILES string of the molecule is Cl.NCC1CCN(C(=O)c2ccoc2)CC1. The van der Waals surface area contributed by atoms with Crippen LogP contribution in [0.5, 0.6) is 0 Å². The lowest BCUT2D eigenvalue weighted by molar-refractivity contribution is 0.0692. The third-order valence-electron chi connectivity index (χ3n) is 3.00. The highest BCUT2D eigenvalue weighted by molar-refractivity contribution is 5.93. The molecule has 4 nitrogen and oxygen atoms in total. The molecule has 1 aliphatic heterocycles. The minimum Gasteiger partial charge on any atom is -0.472 e. The molecule has 90 valence electrons. The molecule has 0 saturated carbocycles. The van der Waals surface area contributed by atoms with E-state index in [4.69, 9.17) is 10.2 Å². The molecule has 0 aromatic carbocycles. The summed E-state index contributed by atoms with van der Waals surface area (Å²) in [5.41, 5.74) is 6.24. The highest BCUT2D eigenvalue weighted by Crippen LogP contribution is 2.17. The van der Waals surface area contributed by atoms with Crippen molar-refractivity contribution in [3.63, 3.8) is 0 Å². The zero-order valence-corrected chi connectivity index (χ0v) is 9.91. The van der Waals surface area contributed by atoms with Crippen LogP contribution in [-0.2, 0) is 0 Å². The number of nitrogens with zero attached hydrogens (tertiary/aromatic N) is 1. The summed E-state index contributed by atoms with van der Waals surface area (Å²) in [4.78, 5) is 13.8. The van der Waals surface area contributed by atoms with Crippen molar-refractivity contribution in [2.75, 3.05) is 19.6 Å². The lowest BCUT2D eigenvalue weighted by atomic mass is 9.97. The van der Waals surface area contributed by atoms with Crippen LogP contribution in [0.4, 0.5) is 0 Å². The number of carbonyl (C=O) groups excluding carboxylic acids is 1. The van der Waals surface area contributed by atoms with E-state index in [0.29, 0.717) is 11.5 Å². The van der Waals surface area contributed by atoms with Crippen molar-refractivity contribution in [3.8, 4) is 0 Å². The van der Waals surface area contributed by atoms with Crippen LogP contribution in [0.2, 0.25) is 0 Å². The van der Waals surface area contributed by atoms with Crippen molar-refractivity contribution < 1.29 is 9.21 Å². The monoisotopic (exact) mass is 244 g/mol. The Bertz CT molecular complexity index is 319. The van der Waals surface area contributed by atoms with Gasteiger partial charge in [-0.05, 0) is 31.4 Å². The van der Waals surface area contributed by atoms with Crippen LogP contribution in [0.3, 0.4) is 0 Å². The lowest BCUT2D eigenvalue weighted by Crippen LogP contribution is -2.39. The van der Waals surface area contributed by atoms with Gasteiger partial charge in [0.25, 0.3) is 5.91 Å². The smallest absolute Gasteiger partial charge is 0.257 e. The Morgan fingerprint density at radius 2 is 2.19 bits per heavy atom. The number of halogens is 1. The Balaban J connectivity index is 0.00000128. The number of carbonyl (C=O) groups is 1. The molecule has 0 spiro atoms. The average molecular weight is 245 g/mol. The van der Waals surface area contributed by atoms with Gasteiger partial charge < -0.3 is 15.1 Å². The number of hydrogen-bond acceptors (Lipinski definition) is 3. The van der Waals surface area contributed by atoms with Crippen molar-refractivity contribution in [1.82, 2.24) is 4.90 Å². The standard InChI is InChI=1S/C11H16N2O2.ClH/c12-7-9-1-4-13(5-2-9)11(14)10-3-6-15-8-10;/h3,6,8-9H,1-2,4-5,7,12H2;1H. The average Bonchev–Trinajstić information content (AvgIpc) is 2.82. The van der Waals surface area contributed by atoms with Gasteiger partial charge in [-0.2, -0.15) is 0 Å². The summed E-state index contributed by atoms with van der Waals surface area (Å²) in [6.45, 7) is 2.35. The minimum atomic E-state index is 0. The van der Waals surface area contributed by atoms with Crippen LogP contribution in [0.1, 0.15) is 23.2 Å². The van der Waals surface area contributed by atoms with Crippen LogP contribution in [-0.4, -0.2) is 30.4 Å². The quantitative estimate of drug-likeness (QED) is 0.858. The molecule has 2 rings (SSSR count). The number of likely N-dealkylation sites (tertiary alicyclic amines) is 1. The Hall–Kier alpha value is -1.00. The van der Waals surface area contributed by atoms with Crippen molar-refractivity contribution in [1.29, 1.82) is 0 Å². The van der Waals surface area contributed by atoms with E-state index in [0.717, 1.165) is 32.5 Å². The number of amides is 1. The van der Waals surface area contributed by atoms with E-state index in [1.165, 1.54) is 12.5 Å². The highest BCUT2D eigenvalue weighted by atomic mass is 35.5. The third kappa shape index (κ3) is 2.77. The lowest BCUT2D eigenvalue weighted by Gasteiger charge is -2.31. The second-order valence-electron chi connectivity index (χ2n) is 3.98. The largest absolute Gasteiger partial charge is 0.472 e. The molecule has 5 heteroatoms. The summed E-state index contributed by atoms with van der Waals surface area (Å²) >= 11 is 0. The predicted octanol–water partition coefficient (Wildman–Crippen LogP) is 1.51. The molecule has 0 radical (unpaired) electrons. The van der Waals surface area contributed by atoms with E-state index in [1.54, 1.807) is 6.07 Å². The first-order valence-corrected chi connectivity index (χ1v) is 5.33. The van der Waals surface area contributed by atoms with Crippen molar-refractivity contribution in [2.24, 2.45) is 11.7 Å². The first-order valence-electron chi connectivity index (χ1n) is 5.33. The number of furan rings is 1. The molecule has 1 fully saturated rings. The number of piperidine rings is 1. The van der Waals surface area contributed by atoms with Crippen molar-refractivity contribution in [2.45, 2.75) is 12.8 Å². The van der Waals surface area contributed by atoms with Crippen LogP contribution < -0.4 is 5.73 Å². The molecular weight excluding hydrogens is 228 g/mol. The van der Waals surface area contributed by atoms with Crippen LogP contribution in [0.15, 0.2) is 23.0 Å². The maximum atomic E-state index is 11.9. The summed E-state index contributed by atoms with van der Waals surface area (Å²) < 4.78 is 4.90. The van der Waals surface area contributed by atoms with Gasteiger partial charge in [-0.3, -0.25) is 4.79 Å².